The van der Waals surface area contributed by atoms with Gasteiger partial charge in [-0.05, 0) is 150 Å². The first kappa shape index (κ1) is 79.4. The highest BCUT2D eigenvalue weighted by atomic mass is 16.3. The molecule has 3 saturated heterocycles. The number of phenolic OH excluding ortho intramolecular Hbond substituents is 2. The lowest BCUT2D eigenvalue weighted by molar-refractivity contribution is -0.142. The molecule has 552 valence electrons. The molecule has 102 heavy (non-hydrogen) atoms. The average Bonchev–Trinajstić information content (AvgIpc) is 1.32. The Balaban J connectivity index is 1.26. The molecule has 12 atom stereocenters. The van der Waals surface area contributed by atoms with Gasteiger partial charge in [0.25, 0.3) is 0 Å². The van der Waals surface area contributed by atoms with E-state index >= 15 is 9.59 Å². The molecule has 0 saturated carbocycles. The van der Waals surface area contributed by atoms with Crippen molar-refractivity contribution in [3.05, 3.63) is 131 Å². The minimum atomic E-state index is -1.40. The van der Waals surface area contributed by atoms with Gasteiger partial charge in [-0.3, -0.25) is 57.5 Å². The third-order valence-corrected chi connectivity index (χ3v) is 18.3. The van der Waals surface area contributed by atoms with Crippen LogP contribution < -0.4 is 64.6 Å². The van der Waals surface area contributed by atoms with E-state index in [-0.39, 0.29) is 127 Å². The number of amides is 12. The van der Waals surface area contributed by atoms with Gasteiger partial charge < -0.3 is 84.6 Å². The molecule has 4 aromatic carbocycles. The van der Waals surface area contributed by atoms with Gasteiger partial charge in [0.2, 0.25) is 70.9 Å². The maximum Gasteiger partial charge on any atom is 0.246 e. The predicted octanol–water partition coefficient (Wildman–Crippen LogP) is 0.822. The third-order valence-electron chi connectivity index (χ3n) is 18.3. The molecule has 28 nitrogen and oxygen atoms in total. The molecule has 12 amide bonds. The lowest BCUT2D eigenvalue weighted by Crippen LogP contribution is -2.61. The largest absolute Gasteiger partial charge is 0.508 e. The number of carbonyl (C=O) groups excluding carboxylic acids is 12. The number of rotatable bonds is 18. The first-order valence-electron chi connectivity index (χ1n) is 35.4. The number of nitrogens with one attached hydrogen (secondary N) is 10. The second kappa shape index (κ2) is 38.7. The van der Waals surface area contributed by atoms with Crippen LogP contribution in [0.4, 0.5) is 0 Å². The minimum Gasteiger partial charge on any atom is -0.508 e. The van der Waals surface area contributed by atoms with Crippen molar-refractivity contribution in [1.29, 1.82) is 0 Å². The molecule has 0 radical (unpaired) electrons. The monoisotopic (exact) mass is 1410 g/mol. The Morgan fingerprint density at radius 3 is 0.980 bits per heavy atom. The molecule has 0 spiro atoms. The van der Waals surface area contributed by atoms with E-state index in [0.717, 1.165) is 0 Å². The quantitative estimate of drug-likeness (QED) is 0.0656. The van der Waals surface area contributed by atoms with E-state index in [0.29, 0.717) is 35.1 Å². The summed E-state index contributed by atoms with van der Waals surface area (Å²) in [4.78, 5) is 179. The van der Waals surface area contributed by atoms with E-state index in [9.17, 15) is 58.2 Å². The number of nitrogens with zero attached hydrogens (tertiary/aromatic N) is 2. The number of fused-ring (bicyclic) bond motifs is 2. The van der Waals surface area contributed by atoms with Crippen LogP contribution >= 0.6 is 0 Å². The standard InChI is InChI=1S/C74H102N14O14/c1-43(2)37-55-69(97)85-59(41-47-17-9-7-10-18-47)73(101)87-35-15-23-61(87)71(99)83-58(40-50-27-31-52(90)32-28-50)68(96)78-46(6)64(92)80-54(22-14-34-76)66(94)82-56(38-44(3)4)70(98)86-60(42-48-19-11-8-12-20-48)74(102)88-36-16-24-62(88)72(100)84-57(39-49-25-29-51(89)30-26-49)67(95)77-45(5)63(91)79-53(21-13-33-75)65(93)81-55/h7-12,17-20,25-32,43-46,53-62,89-90H,13-16,21-24,33-42,75-76H2,1-6H3,(H,77,95)(H,78,96)(H,79,91)(H,80,92)(H,81,93)(H,82,94)(H,83,99)(H,84,100)(H,85,97)(H,86,98)/t45-,46-,53-,54-,55-,56-,57+,58+,59+,60+,61-,62-/m0/s1. The zero-order valence-electron chi connectivity index (χ0n) is 59.0. The highest BCUT2D eigenvalue weighted by molar-refractivity contribution is 6.00. The summed E-state index contributed by atoms with van der Waals surface area (Å²) < 4.78 is 0. The summed E-state index contributed by atoms with van der Waals surface area (Å²) in [5.41, 5.74) is 14.2. The molecule has 28 heteroatoms. The Bertz CT molecular complexity index is 3300. The van der Waals surface area contributed by atoms with Crippen LogP contribution in [0.5, 0.6) is 11.5 Å². The van der Waals surface area contributed by atoms with E-state index < -0.39 is 143 Å². The van der Waals surface area contributed by atoms with Crippen LogP contribution in [0.3, 0.4) is 0 Å². The van der Waals surface area contributed by atoms with E-state index in [1.165, 1.54) is 47.9 Å². The SMILES string of the molecule is CC(C)C[C@@H]1NC(=O)[C@H](CCCN)NC(=O)[C@H](C)NC(=O)[C@@H](Cc2ccc(O)cc2)NC(=O)[C@@H]2CCCN2C(=O)[C@@H](Cc2ccccc2)NC(=O)[C@H](CC(C)C)NC(=O)[C@H](CCCN)NC(=O)[C@H](C)NC(=O)[C@@H](Cc2ccc(O)cc2)NC(=O)[C@@H]2CCCN2C(=O)[C@@H](Cc2ccccc2)NC1=O. The van der Waals surface area contributed by atoms with Crippen LogP contribution in [0.1, 0.15) is 128 Å². The Labute approximate surface area is 595 Å². The summed E-state index contributed by atoms with van der Waals surface area (Å²) in [6.45, 7) is 10.4. The van der Waals surface area contributed by atoms with Crippen LogP contribution in [0.15, 0.2) is 109 Å². The second-order valence-corrected chi connectivity index (χ2v) is 27.6. The van der Waals surface area contributed by atoms with Gasteiger partial charge in [0.05, 0.1) is 0 Å². The number of hydrogen-bond acceptors (Lipinski definition) is 16. The summed E-state index contributed by atoms with van der Waals surface area (Å²) >= 11 is 0. The number of nitrogens with two attached hydrogens (primary N) is 2. The first-order chi connectivity index (χ1) is 48.7. The van der Waals surface area contributed by atoms with Crippen LogP contribution in [-0.4, -0.2) is 190 Å². The van der Waals surface area contributed by atoms with Crippen molar-refractivity contribution in [3.8, 4) is 11.5 Å². The lowest BCUT2D eigenvalue weighted by atomic mass is 9.99. The molecule has 0 aliphatic carbocycles. The van der Waals surface area contributed by atoms with Gasteiger partial charge in [0.15, 0.2) is 0 Å². The average molecular weight is 1410 g/mol. The third kappa shape index (κ3) is 23.6. The molecular weight excluding hydrogens is 1310 g/mol. The van der Waals surface area contributed by atoms with Gasteiger partial charge in [-0.25, -0.2) is 0 Å². The van der Waals surface area contributed by atoms with E-state index in [1.54, 1.807) is 84.9 Å². The van der Waals surface area contributed by atoms with Crippen LogP contribution in [0, 0.1) is 11.8 Å². The topological polar surface area (TPSA) is 424 Å². The molecule has 3 aliphatic rings. The van der Waals surface area contributed by atoms with Gasteiger partial charge >= 0.3 is 0 Å². The van der Waals surface area contributed by atoms with Crippen LogP contribution in [0.25, 0.3) is 0 Å². The lowest BCUT2D eigenvalue weighted by Gasteiger charge is -2.32. The van der Waals surface area contributed by atoms with E-state index in [4.69, 9.17) is 11.5 Å². The fourth-order valence-corrected chi connectivity index (χ4v) is 12.8. The molecule has 3 aliphatic heterocycles. The van der Waals surface area contributed by atoms with Crippen molar-refractivity contribution in [2.75, 3.05) is 26.2 Å². The van der Waals surface area contributed by atoms with Gasteiger partial charge in [0.1, 0.15) is 84.0 Å². The number of hydrogen-bond donors (Lipinski definition) is 14. The summed E-state index contributed by atoms with van der Waals surface area (Å²) in [7, 11) is 0. The zero-order valence-corrected chi connectivity index (χ0v) is 59.0. The van der Waals surface area contributed by atoms with Crippen LogP contribution in [0.2, 0.25) is 0 Å². The molecule has 4 aromatic rings. The number of aromatic hydroxyl groups is 2. The molecule has 3 fully saturated rings. The van der Waals surface area contributed by atoms with Crippen molar-refractivity contribution in [2.45, 2.75) is 204 Å². The Hall–Kier alpha value is -9.96. The Kier molecular flexibility index (Phi) is 30.1. The second-order valence-electron chi connectivity index (χ2n) is 27.6. The molecular formula is C74H102N14O14. The smallest absolute Gasteiger partial charge is 0.246 e. The van der Waals surface area contributed by atoms with Gasteiger partial charge in [-0.15, -0.1) is 0 Å². The Morgan fingerprint density at radius 2 is 0.647 bits per heavy atom. The Morgan fingerprint density at radius 1 is 0.363 bits per heavy atom. The predicted molar refractivity (Wildman–Crippen MR) is 380 cm³/mol. The number of benzene rings is 4. The highest BCUT2D eigenvalue weighted by Gasteiger charge is 2.43. The van der Waals surface area contributed by atoms with Gasteiger partial charge in [-0.1, -0.05) is 113 Å². The van der Waals surface area contributed by atoms with Crippen molar-refractivity contribution in [2.24, 2.45) is 23.3 Å². The maximum absolute atomic E-state index is 15.1. The molecule has 0 bridgehead atoms. The van der Waals surface area contributed by atoms with Crippen LogP contribution in [-0.2, 0) is 83.2 Å². The number of carbonyl (C=O) groups is 12. The van der Waals surface area contributed by atoms with Crippen molar-refractivity contribution >= 4 is 70.9 Å². The summed E-state index contributed by atoms with van der Waals surface area (Å²) in [5.74, 6) is -9.71. The highest BCUT2D eigenvalue weighted by Crippen LogP contribution is 2.24. The zero-order chi connectivity index (χ0) is 74.2. The first-order valence-corrected chi connectivity index (χ1v) is 35.4. The van der Waals surface area contributed by atoms with Crippen molar-refractivity contribution in [1.82, 2.24) is 63.0 Å². The van der Waals surface area contributed by atoms with Gasteiger partial charge in [-0.2, -0.15) is 0 Å². The van der Waals surface area contributed by atoms with Crippen molar-refractivity contribution < 1.29 is 67.7 Å². The number of phenols is 2. The van der Waals surface area contributed by atoms with Crippen molar-refractivity contribution in [3.63, 3.8) is 0 Å². The molecule has 16 N–H and O–H groups in total. The maximum atomic E-state index is 15.1. The fraction of sp³-hybridized carbons (Fsp3) is 0.514. The molecule has 0 unspecified atom stereocenters. The van der Waals surface area contributed by atoms with E-state index in [2.05, 4.69) is 53.2 Å². The summed E-state index contributed by atoms with van der Waals surface area (Å²) in [6.07, 6.45) is 1.09. The molecule has 7 rings (SSSR count). The fourth-order valence-electron chi connectivity index (χ4n) is 12.8. The normalized spacial score (nSPS) is 25.5. The molecule has 3 heterocycles. The summed E-state index contributed by atoms with van der Waals surface area (Å²) in [5, 5.41) is 48.0. The molecule has 0 aromatic heterocycles. The minimum absolute atomic E-state index is 0.0126. The van der Waals surface area contributed by atoms with Gasteiger partial charge in [0, 0.05) is 38.8 Å². The summed E-state index contributed by atoms with van der Waals surface area (Å²) in [6, 6.07) is 13.6. The van der Waals surface area contributed by atoms with E-state index in [1.807, 2.05) is 27.7 Å².